The first kappa shape index (κ1) is 17.4. The average Bonchev–Trinajstić information content (AvgIpc) is 2.69. The van der Waals surface area contributed by atoms with Crippen molar-refractivity contribution in [2.75, 3.05) is 0 Å². The molecular formula is C12H14ClF3N2O3. The Kier molecular flexibility index (Phi) is 4.62. The maximum Gasteiger partial charge on any atom is 0.422 e. The quantitative estimate of drug-likeness (QED) is 0.893. The third kappa shape index (κ3) is 3.31. The molecule has 9 heteroatoms. The molecule has 0 radical (unpaired) electrons. The van der Waals surface area contributed by atoms with Gasteiger partial charge in [-0.2, -0.15) is 13.2 Å². The predicted molar refractivity (Wildman–Crippen MR) is 69.4 cm³/mol. The highest BCUT2D eigenvalue weighted by atomic mass is 35.5. The monoisotopic (exact) mass is 326 g/mol. The fourth-order valence-electron chi connectivity index (χ4n) is 1.59. The van der Waals surface area contributed by atoms with Crippen LogP contribution in [0.3, 0.4) is 0 Å². The molecule has 0 aliphatic heterocycles. The first-order valence-electron chi connectivity index (χ1n) is 5.90. The molecule has 1 rings (SSSR count). The Balaban J connectivity index is 3.18. The molecule has 0 bridgehead atoms. The number of carboxylic acids is 1. The standard InChI is InChI=1S/C12H14ClF3N2O3/c1-6(2)18-5-7(13)4-8(18)9(19)17-11(3,10(20)21)12(14,15)16/h4-6H,1-3H3,(H,17,19)(H,20,21). The summed E-state index contributed by atoms with van der Waals surface area (Å²) >= 11 is 5.74. The fourth-order valence-corrected chi connectivity index (χ4v) is 1.80. The Hall–Kier alpha value is -1.70. The second-order valence-corrected chi connectivity index (χ2v) is 5.36. The molecule has 118 valence electrons. The van der Waals surface area contributed by atoms with Gasteiger partial charge in [0.1, 0.15) is 5.69 Å². The van der Waals surface area contributed by atoms with Gasteiger partial charge in [-0.15, -0.1) is 0 Å². The number of amides is 1. The van der Waals surface area contributed by atoms with E-state index in [4.69, 9.17) is 16.7 Å². The van der Waals surface area contributed by atoms with Crippen LogP contribution in [0.4, 0.5) is 13.2 Å². The normalized spacial score (nSPS) is 14.9. The Morgan fingerprint density at radius 2 is 1.90 bits per heavy atom. The van der Waals surface area contributed by atoms with Crippen LogP contribution in [0.25, 0.3) is 0 Å². The number of rotatable bonds is 4. The van der Waals surface area contributed by atoms with Crippen molar-refractivity contribution in [1.29, 1.82) is 0 Å². The van der Waals surface area contributed by atoms with Gasteiger partial charge >= 0.3 is 12.1 Å². The van der Waals surface area contributed by atoms with Crippen LogP contribution in [-0.4, -0.2) is 33.3 Å². The molecule has 21 heavy (non-hydrogen) atoms. The van der Waals surface area contributed by atoms with Gasteiger partial charge in [-0.25, -0.2) is 4.79 Å². The third-order valence-corrected chi connectivity index (χ3v) is 3.17. The number of carbonyl (C=O) groups excluding carboxylic acids is 1. The van der Waals surface area contributed by atoms with E-state index in [9.17, 15) is 22.8 Å². The molecule has 0 saturated heterocycles. The maximum atomic E-state index is 12.9. The van der Waals surface area contributed by atoms with Gasteiger partial charge in [-0.05, 0) is 26.8 Å². The van der Waals surface area contributed by atoms with Crippen LogP contribution in [0, 0.1) is 0 Å². The zero-order chi connectivity index (χ0) is 16.6. The van der Waals surface area contributed by atoms with Crippen LogP contribution in [-0.2, 0) is 4.79 Å². The summed E-state index contributed by atoms with van der Waals surface area (Å²) in [5.41, 5.74) is -3.53. The molecule has 0 aromatic carbocycles. The molecule has 0 aliphatic carbocycles. The van der Waals surface area contributed by atoms with Crippen LogP contribution in [0.2, 0.25) is 5.02 Å². The van der Waals surface area contributed by atoms with Gasteiger partial charge in [-0.1, -0.05) is 11.6 Å². The van der Waals surface area contributed by atoms with Crippen molar-refractivity contribution in [3.05, 3.63) is 23.0 Å². The molecule has 0 fully saturated rings. The number of carboxylic acid groups (broad SMARTS) is 1. The van der Waals surface area contributed by atoms with Crippen molar-refractivity contribution >= 4 is 23.5 Å². The molecule has 5 nitrogen and oxygen atoms in total. The lowest BCUT2D eigenvalue weighted by molar-refractivity contribution is -0.203. The van der Waals surface area contributed by atoms with Gasteiger partial charge in [0.05, 0.1) is 5.02 Å². The van der Waals surface area contributed by atoms with E-state index in [1.54, 1.807) is 13.8 Å². The SMILES string of the molecule is CC(C)n1cc(Cl)cc1C(=O)NC(C)(C(=O)O)C(F)(F)F. The van der Waals surface area contributed by atoms with Crippen LogP contribution in [0.1, 0.15) is 37.3 Å². The van der Waals surface area contributed by atoms with Gasteiger partial charge in [0.25, 0.3) is 5.91 Å². The molecule has 1 atom stereocenters. The average molecular weight is 327 g/mol. The van der Waals surface area contributed by atoms with E-state index in [0.717, 1.165) is 0 Å². The molecular weight excluding hydrogens is 313 g/mol. The molecule has 1 aromatic rings. The third-order valence-electron chi connectivity index (χ3n) is 2.96. The highest BCUT2D eigenvalue weighted by Crippen LogP contribution is 2.31. The zero-order valence-electron chi connectivity index (χ0n) is 11.5. The van der Waals surface area contributed by atoms with E-state index in [2.05, 4.69) is 0 Å². The van der Waals surface area contributed by atoms with E-state index < -0.39 is 23.6 Å². The molecule has 0 saturated carbocycles. The van der Waals surface area contributed by atoms with E-state index in [0.29, 0.717) is 6.92 Å². The smallest absolute Gasteiger partial charge is 0.422 e. The largest absolute Gasteiger partial charge is 0.479 e. The zero-order valence-corrected chi connectivity index (χ0v) is 12.2. The minimum Gasteiger partial charge on any atom is -0.479 e. The minimum atomic E-state index is -5.15. The first-order valence-corrected chi connectivity index (χ1v) is 6.28. The number of nitrogens with one attached hydrogen (secondary N) is 1. The summed E-state index contributed by atoms with van der Waals surface area (Å²) in [5, 5.41) is 10.5. The van der Waals surface area contributed by atoms with E-state index >= 15 is 0 Å². The Morgan fingerprint density at radius 3 is 2.29 bits per heavy atom. The van der Waals surface area contributed by atoms with Crippen molar-refractivity contribution in [2.24, 2.45) is 0 Å². The number of carbonyl (C=O) groups is 2. The Labute approximate surface area is 123 Å². The number of alkyl halides is 3. The summed E-state index contributed by atoms with van der Waals surface area (Å²) in [7, 11) is 0. The van der Waals surface area contributed by atoms with Crippen LogP contribution in [0.15, 0.2) is 12.3 Å². The highest BCUT2D eigenvalue weighted by Gasteiger charge is 2.58. The molecule has 1 amide bonds. The summed E-state index contributed by atoms with van der Waals surface area (Å²) in [6, 6.07) is 0.940. The highest BCUT2D eigenvalue weighted by molar-refractivity contribution is 6.31. The van der Waals surface area contributed by atoms with Gasteiger partial charge in [0.15, 0.2) is 0 Å². The van der Waals surface area contributed by atoms with Crippen LogP contribution >= 0.6 is 11.6 Å². The number of halogens is 4. The van der Waals surface area contributed by atoms with Gasteiger partial charge in [-0.3, -0.25) is 4.79 Å². The van der Waals surface area contributed by atoms with Crippen LogP contribution < -0.4 is 5.32 Å². The van der Waals surface area contributed by atoms with Gasteiger partial charge in [0, 0.05) is 12.2 Å². The number of hydrogen-bond acceptors (Lipinski definition) is 2. The van der Waals surface area contributed by atoms with Crippen molar-refractivity contribution in [2.45, 2.75) is 38.5 Å². The van der Waals surface area contributed by atoms with Crippen LogP contribution in [0.5, 0.6) is 0 Å². The number of nitrogens with zero attached hydrogens (tertiary/aromatic N) is 1. The first-order chi connectivity index (χ1) is 9.40. The number of aliphatic carboxylic acids is 1. The van der Waals surface area contributed by atoms with E-state index in [1.807, 2.05) is 0 Å². The molecule has 1 aromatic heterocycles. The predicted octanol–water partition coefficient (Wildman–Crippen LogP) is 2.86. The Morgan fingerprint density at radius 1 is 1.38 bits per heavy atom. The molecule has 0 spiro atoms. The number of aromatic nitrogens is 1. The topological polar surface area (TPSA) is 71.3 Å². The minimum absolute atomic E-state index is 0.147. The van der Waals surface area contributed by atoms with Crippen molar-refractivity contribution in [1.82, 2.24) is 9.88 Å². The second-order valence-electron chi connectivity index (χ2n) is 4.93. The lowest BCUT2D eigenvalue weighted by Gasteiger charge is -2.28. The summed E-state index contributed by atoms with van der Waals surface area (Å²) in [4.78, 5) is 22.9. The van der Waals surface area contributed by atoms with Crippen molar-refractivity contribution < 1.29 is 27.9 Å². The summed E-state index contributed by atoms with van der Waals surface area (Å²) in [5.74, 6) is -3.37. The Bertz CT molecular complexity index is 569. The second kappa shape index (κ2) is 5.59. The summed E-state index contributed by atoms with van der Waals surface area (Å²) in [6.07, 6.45) is -3.76. The molecule has 1 heterocycles. The van der Waals surface area contributed by atoms with Crippen molar-refractivity contribution in [3.63, 3.8) is 0 Å². The van der Waals surface area contributed by atoms with E-state index in [1.165, 1.54) is 22.1 Å². The molecule has 2 N–H and O–H groups in total. The lowest BCUT2D eigenvalue weighted by Crippen LogP contribution is -2.62. The maximum absolute atomic E-state index is 12.9. The van der Waals surface area contributed by atoms with E-state index in [-0.39, 0.29) is 16.8 Å². The summed E-state index contributed by atoms with van der Waals surface area (Å²) in [6.45, 7) is 3.79. The summed E-state index contributed by atoms with van der Waals surface area (Å²) < 4.78 is 40.0. The van der Waals surface area contributed by atoms with Gasteiger partial charge < -0.3 is 15.0 Å². The number of hydrogen-bond donors (Lipinski definition) is 2. The fraction of sp³-hybridized carbons (Fsp3) is 0.500. The molecule has 1 unspecified atom stereocenters. The van der Waals surface area contributed by atoms with Crippen molar-refractivity contribution in [3.8, 4) is 0 Å². The molecule has 0 aliphatic rings. The lowest BCUT2D eigenvalue weighted by atomic mass is 10.0. The van der Waals surface area contributed by atoms with Gasteiger partial charge in [0.2, 0.25) is 5.54 Å².